The molecule has 3 atom stereocenters. The van der Waals surface area contributed by atoms with Crippen molar-refractivity contribution in [1.82, 2.24) is 4.90 Å². The van der Waals surface area contributed by atoms with Gasteiger partial charge in [-0.1, -0.05) is 128 Å². The smallest absolute Gasteiger partial charge is 0.410 e. The van der Waals surface area contributed by atoms with Crippen molar-refractivity contribution in [2.45, 2.75) is 44.7 Å². The van der Waals surface area contributed by atoms with Crippen LogP contribution >= 0.6 is 0 Å². The molecule has 4 aromatic carbocycles. The largest absolute Gasteiger partial charge is 0.445 e. The fourth-order valence-electron chi connectivity index (χ4n) is 4.96. The molecule has 1 heterocycles. The molecule has 5 rings (SSSR count). The normalized spacial score (nSPS) is 18.8. The van der Waals surface area contributed by atoms with Crippen LogP contribution in [0.5, 0.6) is 0 Å². The van der Waals surface area contributed by atoms with Crippen molar-refractivity contribution in [3.8, 4) is 0 Å². The van der Waals surface area contributed by atoms with Gasteiger partial charge in [-0.3, -0.25) is 0 Å². The summed E-state index contributed by atoms with van der Waals surface area (Å²) in [6.45, 7) is 6.19. The van der Waals surface area contributed by atoms with Crippen LogP contribution in [0.2, 0.25) is 0 Å². The molecule has 1 aliphatic heterocycles. The average Bonchev–Trinajstić information content (AvgIpc) is 3.18. The van der Waals surface area contributed by atoms with Gasteiger partial charge in [0, 0.05) is 6.54 Å². The fourth-order valence-corrected chi connectivity index (χ4v) is 4.96. The number of amides is 1. The highest BCUT2D eigenvalue weighted by Crippen LogP contribution is 2.27. The van der Waals surface area contributed by atoms with Gasteiger partial charge in [-0.25, -0.2) is 4.79 Å². The van der Waals surface area contributed by atoms with E-state index in [0.717, 1.165) is 27.8 Å². The molecule has 4 aromatic rings. The molecule has 1 fully saturated rings. The Morgan fingerprint density at radius 3 is 1.55 bits per heavy atom. The molecule has 0 bridgehead atoms. The van der Waals surface area contributed by atoms with Crippen LogP contribution in [0.4, 0.5) is 4.79 Å². The molecule has 216 valence electrons. The molecule has 6 heteroatoms. The van der Waals surface area contributed by atoms with Crippen LogP contribution in [0, 0.1) is 0 Å². The lowest BCUT2D eigenvalue weighted by molar-refractivity contribution is -0.138. The van der Waals surface area contributed by atoms with Gasteiger partial charge in [0.2, 0.25) is 0 Å². The van der Waals surface area contributed by atoms with Gasteiger partial charge in [-0.05, 0) is 27.8 Å². The molecule has 0 unspecified atom stereocenters. The molecular weight excluding hydrogens is 526 g/mol. The second kappa shape index (κ2) is 15.1. The summed E-state index contributed by atoms with van der Waals surface area (Å²) in [5.41, 5.74) is 4.76. The van der Waals surface area contributed by atoms with Gasteiger partial charge in [0.05, 0.1) is 26.4 Å². The maximum Gasteiger partial charge on any atom is 0.410 e. The zero-order chi connectivity index (χ0) is 29.0. The highest BCUT2D eigenvalue weighted by molar-refractivity contribution is 5.68. The fraction of sp³-hybridized carbons (Fsp3) is 0.250. The minimum absolute atomic E-state index is 0.181. The van der Waals surface area contributed by atoms with E-state index in [4.69, 9.17) is 18.9 Å². The van der Waals surface area contributed by atoms with Crippen LogP contribution in [0.15, 0.2) is 133 Å². The van der Waals surface area contributed by atoms with Crippen LogP contribution in [0.1, 0.15) is 22.3 Å². The van der Waals surface area contributed by atoms with Gasteiger partial charge >= 0.3 is 6.09 Å². The second-order valence-corrected chi connectivity index (χ2v) is 10.4. The van der Waals surface area contributed by atoms with Crippen molar-refractivity contribution in [3.05, 3.63) is 156 Å². The lowest BCUT2D eigenvalue weighted by Crippen LogP contribution is -2.45. The first-order valence-electron chi connectivity index (χ1n) is 14.3. The van der Waals surface area contributed by atoms with Crippen LogP contribution in [0.25, 0.3) is 0 Å². The van der Waals surface area contributed by atoms with Gasteiger partial charge < -0.3 is 23.8 Å². The Morgan fingerprint density at radius 2 is 1.05 bits per heavy atom. The van der Waals surface area contributed by atoms with E-state index in [-0.39, 0.29) is 19.7 Å². The number of nitrogens with zero attached hydrogens (tertiary/aromatic N) is 1. The number of hydrogen-bond acceptors (Lipinski definition) is 5. The average molecular weight is 564 g/mol. The molecule has 0 aromatic heterocycles. The summed E-state index contributed by atoms with van der Waals surface area (Å²) in [6.07, 6.45) is -1.96. The summed E-state index contributed by atoms with van der Waals surface area (Å²) >= 11 is 0. The molecular formula is C36H37NO5. The van der Waals surface area contributed by atoms with E-state index in [1.165, 1.54) is 0 Å². The van der Waals surface area contributed by atoms with E-state index in [1.807, 2.05) is 121 Å². The van der Waals surface area contributed by atoms with Crippen molar-refractivity contribution < 1.29 is 23.7 Å². The molecule has 1 amide bonds. The van der Waals surface area contributed by atoms with Gasteiger partial charge in [0.25, 0.3) is 0 Å². The molecule has 0 spiro atoms. The molecule has 6 nitrogen and oxygen atoms in total. The van der Waals surface area contributed by atoms with E-state index in [9.17, 15) is 4.79 Å². The first kappa shape index (κ1) is 29.3. The number of carbonyl (C=O) groups is 1. The summed E-state index contributed by atoms with van der Waals surface area (Å²) in [5.74, 6) is 0. The number of benzene rings is 4. The molecule has 1 aliphatic rings. The maximum atomic E-state index is 13.4. The van der Waals surface area contributed by atoms with Gasteiger partial charge in [-0.15, -0.1) is 0 Å². The Morgan fingerprint density at radius 1 is 0.619 bits per heavy atom. The summed E-state index contributed by atoms with van der Waals surface area (Å²) in [7, 11) is 0. The van der Waals surface area contributed by atoms with Gasteiger partial charge in [0.1, 0.15) is 24.9 Å². The Bertz CT molecular complexity index is 1380. The van der Waals surface area contributed by atoms with Crippen molar-refractivity contribution in [1.29, 1.82) is 0 Å². The predicted molar refractivity (Wildman–Crippen MR) is 162 cm³/mol. The van der Waals surface area contributed by atoms with E-state index < -0.39 is 24.4 Å². The van der Waals surface area contributed by atoms with Crippen molar-refractivity contribution in [2.75, 3.05) is 13.1 Å². The number of carbonyl (C=O) groups excluding carboxylic acids is 1. The molecule has 0 N–H and O–H groups in total. The first-order valence-corrected chi connectivity index (χ1v) is 14.3. The minimum Gasteiger partial charge on any atom is -0.445 e. The molecule has 0 aliphatic carbocycles. The van der Waals surface area contributed by atoms with Gasteiger partial charge in [0.15, 0.2) is 0 Å². The van der Waals surface area contributed by atoms with Crippen LogP contribution < -0.4 is 0 Å². The zero-order valence-electron chi connectivity index (χ0n) is 23.7. The summed E-state index contributed by atoms with van der Waals surface area (Å²) < 4.78 is 25.4. The lowest BCUT2D eigenvalue weighted by Gasteiger charge is -2.32. The standard InChI is InChI=1S/C36H37NO5/c1-28-22-37(36(38)42-27-32-20-12-5-13-21-32)23-33(39-24-29-14-6-2-7-15-29)35(41-26-31-18-10-4-11-19-31)34(28)40-25-30-16-8-3-9-17-30/h2-21,33-35H,1,22-27H2/t33-,34+,35+/m0/s1. The zero-order valence-corrected chi connectivity index (χ0v) is 23.7. The first-order chi connectivity index (χ1) is 20.7. The predicted octanol–water partition coefficient (Wildman–Crippen LogP) is 6.95. The van der Waals surface area contributed by atoms with Gasteiger partial charge in [-0.2, -0.15) is 0 Å². The Hall–Kier alpha value is -4.23. The highest BCUT2D eigenvalue weighted by Gasteiger charge is 2.40. The summed E-state index contributed by atoms with van der Waals surface area (Å²) in [5, 5.41) is 0. The SMILES string of the molecule is C=C1CN(C(=O)OCc2ccccc2)C[C@H](OCc2ccccc2)[C@@H](OCc2ccccc2)[C@@H]1OCc1ccccc1. The number of likely N-dealkylation sites (tertiary alicyclic amines) is 1. The third-order valence-corrected chi connectivity index (χ3v) is 7.19. The second-order valence-electron chi connectivity index (χ2n) is 10.4. The van der Waals surface area contributed by atoms with Crippen molar-refractivity contribution >= 4 is 6.09 Å². The van der Waals surface area contributed by atoms with Crippen molar-refractivity contribution in [2.24, 2.45) is 0 Å². The Labute approximate surface area is 248 Å². The Kier molecular flexibility index (Phi) is 10.5. The number of rotatable bonds is 11. The highest BCUT2D eigenvalue weighted by atomic mass is 16.6. The van der Waals surface area contributed by atoms with E-state index in [1.54, 1.807) is 4.90 Å². The summed E-state index contributed by atoms with van der Waals surface area (Å²) in [4.78, 5) is 15.0. The quantitative estimate of drug-likeness (QED) is 0.185. The van der Waals surface area contributed by atoms with E-state index in [0.29, 0.717) is 19.8 Å². The maximum absolute atomic E-state index is 13.4. The minimum atomic E-state index is -0.517. The molecule has 42 heavy (non-hydrogen) atoms. The van der Waals surface area contributed by atoms with Crippen LogP contribution in [-0.2, 0) is 45.4 Å². The molecule has 0 radical (unpaired) electrons. The topological polar surface area (TPSA) is 57.2 Å². The molecule has 1 saturated heterocycles. The lowest BCUT2D eigenvalue weighted by atomic mass is 10.0. The summed E-state index contributed by atoms with van der Waals surface area (Å²) in [6, 6.07) is 39.6. The monoisotopic (exact) mass is 563 g/mol. The van der Waals surface area contributed by atoms with Crippen LogP contribution in [0.3, 0.4) is 0 Å². The number of hydrogen-bond donors (Lipinski definition) is 0. The van der Waals surface area contributed by atoms with Crippen LogP contribution in [-0.4, -0.2) is 42.4 Å². The van der Waals surface area contributed by atoms with E-state index in [2.05, 4.69) is 6.58 Å². The van der Waals surface area contributed by atoms with E-state index >= 15 is 0 Å². The third-order valence-electron chi connectivity index (χ3n) is 7.19. The molecule has 0 saturated carbocycles. The van der Waals surface area contributed by atoms with Crippen molar-refractivity contribution in [3.63, 3.8) is 0 Å². The Balaban J connectivity index is 1.39. The number of ether oxygens (including phenoxy) is 4. The third kappa shape index (κ3) is 8.40.